The molecule has 0 radical (unpaired) electrons. The second-order valence-electron chi connectivity index (χ2n) is 5.42. The van der Waals surface area contributed by atoms with Gasteiger partial charge in [0.2, 0.25) is 0 Å². The van der Waals surface area contributed by atoms with Gasteiger partial charge < -0.3 is 14.4 Å². The third-order valence-electron chi connectivity index (χ3n) is 3.76. The average molecular weight is 329 g/mol. The first kappa shape index (κ1) is 15.5. The lowest BCUT2D eigenvalue weighted by atomic mass is 9.97. The summed E-state index contributed by atoms with van der Waals surface area (Å²) in [5.41, 5.74) is 0.137. The minimum atomic E-state index is -4.23. The standard InChI is InChI=1S/C13H14F3N5O2/c1-7-4-9(20-23-7)12(22)17-6-11-19-18-10-5-8(13(14,15)16)2-3-21(10)11/h4,8H,2-3,5-6H2,1H3,(H,17,22)/t8-/m0/s1. The second kappa shape index (κ2) is 5.67. The van der Waals surface area contributed by atoms with Crippen molar-refractivity contribution in [2.45, 2.75) is 39.0 Å². The molecule has 0 saturated heterocycles. The molecular formula is C13H14F3N5O2. The van der Waals surface area contributed by atoms with Crippen LogP contribution >= 0.6 is 0 Å². The van der Waals surface area contributed by atoms with Crippen molar-refractivity contribution >= 4 is 5.91 Å². The molecule has 23 heavy (non-hydrogen) atoms. The van der Waals surface area contributed by atoms with Crippen LogP contribution in [0.3, 0.4) is 0 Å². The third-order valence-corrected chi connectivity index (χ3v) is 3.76. The Morgan fingerprint density at radius 1 is 1.48 bits per heavy atom. The van der Waals surface area contributed by atoms with Crippen LogP contribution in [0.25, 0.3) is 0 Å². The predicted octanol–water partition coefficient (Wildman–Crippen LogP) is 1.63. The number of amides is 1. The number of aryl methyl sites for hydroxylation is 1. The number of alkyl halides is 3. The van der Waals surface area contributed by atoms with Crippen molar-refractivity contribution < 1.29 is 22.5 Å². The number of nitrogens with one attached hydrogen (secondary N) is 1. The Kier molecular flexibility index (Phi) is 3.82. The second-order valence-corrected chi connectivity index (χ2v) is 5.42. The SMILES string of the molecule is Cc1cc(C(=O)NCc2nnc3n2CC[C@H](C(F)(F)F)C3)no1. The van der Waals surface area contributed by atoms with Gasteiger partial charge in [-0.3, -0.25) is 4.79 Å². The van der Waals surface area contributed by atoms with Gasteiger partial charge in [-0.15, -0.1) is 10.2 Å². The van der Waals surface area contributed by atoms with E-state index in [1.165, 1.54) is 6.07 Å². The van der Waals surface area contributed by atoms with E-state index < -0.39 is 18.0 Å². The molecule has 7 nitrogen and oxygen atoms in total. The number of carbonyl (C=O) groups is 1. The number of rotatable bonds is 3. The van der Waals surface area contributed by atoms with Crippen molar-refractivity contribution in [2.24, 2.45) is 5.92 Å². The molecule has 10 heteroatoms. The minimum absolute atomic E-state index is 0.0159. The smallest absolute Gasteiger partial charge is 0.361 e. The molecule has 2 aromatic rings. The third kappa shape index (κ3) is 3.20. The number of carbonyl (C=O) groups excluding carboxylic acids is 1. The quantitative estimate of drug-likeness (QED) is 0.925. The van der Waals surface area contributed by atoms with Gasteiger partial charge in [-0.05, 0) is 13.3 Å². The maximum absolute atomic E-state index is 12.8. The van der Waals surface area contributed by atoms with Crippen LogP contribution in [0.2, 0.25) is 0 Å². The first-order valence-corrected chi connectivity index (χ1v) is 7.04. The number of hydrogen-bond acceptors (Lipinski definition) is 5. The van der Waals surface area contributed by atoms with E-state index in [1.54, 1.807) is 11.5 Å². The zero-order chi connectivity index (χ0) is 16.6. The molecule has 2 aromatic heterocycles. The van der Waals surface area contributed by atoms with Crippen LogP contribution in [0.4, 0.5) is 13.2 Å². The highest BCUT2D eigenvalue weighted by atomic mass is 19.4. The minimum Gasteiger partial charge on any atom is -0.361 e. The van der Waals surface area contributed by atoms with Crippen LogP contribution in [0.1, 0.15) is 34.3 Å². The molecule has 1 amide bonds. The molecule has 1 aliphatic rings. The zero-order valence-corrected chi connectivity index (χ0v) is 12.2. The van der Waals surface area contributed by atoms with Crippen molar-refractivity contribution in [3.05, 3.63) is 29.2 Å². The molecule has 0 fully saturated rings. The van der Waals surface area contributed by atoms with Gasteiger partial charge in [-0.25, -0.2) is 0 Å². The summed E-state index contributed by atoms with van der Waals surface area (Å²) in [4.78, 5) is 11.9. The fraction of sp³-hybridized carbons (Fsp3) is 0.538. The summed E-state index contributed by atoms with van der Waals surface area (Å²) in [7, 11) is 0. The van der Waals surface area contributed by atoms with E-state index >= 15 is 0 Å². The Balaban J connectivity index is 1.65. The molecule has 0 bridgehead atoms. The van der Waals surface area contributed by atoms with Crippen molar-refractivity contribution in [3.8, 4) is 0 Å². The Morgan fingerprint density at radius 3 is 2.91 bits per heavy atom. The Bertz CT molecular complexity index is 722. The average Bonchev–Trinajstić information content (AvgIpc) is 3.09. The van der Waals surface area contributed by atoms with Crippen LogP contribution in [-0.4, -0.2) is 32.0 Å². The molecule has 0 aromatic carbocycles. The first-order valence-electron chi connectivity index (χ1n) is 7.04. The Morgan fingerprint density at radius 2 is 2.26 bits per heavy atom. The first-order chi connectivity index (χ1) is 10.8. The molecule has 0 spiro atoms. The van der Waals surface area contributed by atoms with E-state index in [0.717, 1.165) is 0 Å². The van der Waals surface area contributed by atoms with E-state index in [2.05, 4.69) is 20.7 Å². The largest absolute Gasteiger partial charge is 0.392 e. The molecular weight excluding hydrogens is 315 g/mol. The molecule has 0 saturated carbocycles. The molecule has 3 rings (SSSR count). The number of fused-ring (bicyclic) bond motifs is 1. The van der Waals surface area contributed by atoms with Crippen molar-refractivity contribution in [1.29, 1.82) is 0 Å². The van der Waals surface area contributed by atoms with E-state index in [0.29, 0.717) is 17.4 Å². The van der Waals surface area contributed by atoms with Gasteiger partial charge in [-0.1, -0.05) is 5.16 Å². The number of aromatic nitrogens is 4. The molecule has 0 unspecified atom stereocenters. The van der Waals surface area contributed by atoms with E-state index in [4.69, 9.17) is 4.52 Å². The van der Waals surface area contributed by atoms with Gasteiger partial charge in [0.25, 0.3) is 5.91 Å². The highest BCUT2D eigenvalue weighted by Gasteiger charge is 2.42. The summed E-state index contributed by atoms with van der Waals surface area (Å²) in [6.45, 7) is 1.91. The van der Waals surface area contributed by atoms with Crippen molar-refractivity contribution in [2.75, 3.05) is 0 Å². The monoisotopic (exact) mass is 329 g/mol. The molecule has 0 aliphatic carbocycles. The van der Waals surface area contributed by atoms with Crippen LogP contribution in [-0.2, 0) is 19.5 Å². The van der Waals surface area contributed by atoms with Gasteiger partial charge in [0.1, 0.15) is 11.6 Å². The van der Waals surface area contributed by atoms with E-state index in [-0.39, 0.29) is 31.6 Å². The lowest BCUT2D eigenvalue weighted by molar-refractivity contribution is -0.179. The fourth-order valence-corrected chi connectivity index (χ4v) is 2.52. The van der Waals surface area contributed by atoms with Gasteiger partial charge >= 0.3 is 6.18 Å². The summed E-state index contributed by atoms with van der Waals surface area (Å²) >= 11 is 0. The van der Waals surface area contributed by atoms with Crippen LogP contribution in [0.5, 0.6) is 0 Å². The van der Waals surface area contributed by atoms with Gasteiger partial charge in [-0.2, -0.15) is 13.2 Å². The molecule has 1 atom stereocenters. The zero-order valence-electron chi connectivity index (χ0n) is 12.2. The summed E-state index contributed by atoms with van der Waals surface area (Å²) < 4.78 is 44.7. The van der Waals surface area contributed by atoms with Crippen LogP contribution in [0, 0.1) is 12.8 Å². The van der Waals surface area contributed by atoms with Gasteiger partial charge in [0.05, 0.1) is 12.5 Å². The van der Waals surface area contributed by atoms with Crippen LogP contribution in [0.15, 0.2) is 10.6 Å². The highest BCUT2D eigenvalue weighted by Crippen LogP contribution is 2.34. The summed E-state index contributed by atoms with van der Waals surface area (Å²) in [6.07, 6.45) is -4.43. The Labute approximate surface area is 128 Å². The summed E-state index contributed by atoms with van der Waals surface area (Å²) in [5.74, 6) is -0.606. The van der Waals surface area contributed by atoms with E-state index in [9.17, 15) is 18.0 Å². The number of hydrogen-bond donors (Lipinski definition) is 1. The van der Waals surface area contributed by atoms with Crippen molar-refractivity contribution in [1.82, 2.24) is 25.2 Å². The molecule has 3 heterocycles. The van der Waals surface area contributed by atoms with E-state index in [1.807, 2.05) is 0 Å². The topological polar surface area (TPSA) is 85.8 Å². The molecule has 124 valence electrons. The van der Waals surface area contributed by atoms with Crippen LogP contribution < -0.4 is 5.32 Å². The normalized spacial score (nSPS) is 17.8. The highest BCUT2D eigenvalue weighted by molar-refractivity contribution is 5.92. The van der Waals surface area contributed by atoms with Gasteiger partial charge in [0.15, 0.2) is 11.5 Å². The lowest BCUT2D eigenvalue weighted by Crippen LogP contribution is -2.32. The molecule has 1 N–H and O–H groups in total. The Hall–Kier alpha value is -2.39. The number of halogens is 3. The van der Waals surface area contributed by atoms with Gasteiger partial charge in [0, 0.05) is 19.0 Å². The molecule has 1 aliphatic heterocycles. The number of nitrogens with zero attached hydrogens (tertiary/aromatic N) is 4. The predicted molar refractivity (Wildman–Crippen MR) is 70.3 cm³/mol. The summed E-state index contributed by atoms with van der Waals surface area (Å²) in [5, 5.41) is 13.9. The lowest BCUT2D eigenvalue weighted by Gasteiger charge is -2.25. The fourth-order valence-electron chi connectivity index (χ4n) is 2.52. The summed E-state index contributed by atoms with van der Waals surface area (Å²) in [6, 6.07) is 1.49. The maximum Gasteiger partial charge on any atom is 0.392 e. The maximum atomic E-state index is 12.8. The van der Waals surface area contributed by atoms with Crippen molar-refractivity contribution in [3.63, 3.8) is 0 Å².